The van der Waals surface area contributed by atoms with Crippen LogP contribution in [0.3, 0.4) is 0 Å². The van der Waals surface area contributed by atoms with E-state index in [9.17, 15) is 18.0 Å². The van der Waals surface area contributed by atoms with Crippen LogP contribution in [0.2, 0.25) is 0 Å². The lowest BCUT2D eigenvalue weighted by molar-refractivity contribution is -0.156. The predicted molar refractivity (Wildman–Crippen MR) is 54.9 cm³/mol. The topological polar surface area (TPSA) is 82.5 Å². The third-order valence-electron chi connectivity index (χ3n) is 2.10. The van der Waals surface area contributed by atoms with Gasteiger partial charge in [-0.25, -0.2) is 4.98 Å². The second-order valence-corrected chi connectivity index (χ2v) is 3.48. The molecule has 1 amide bonds. The number of aliphatic hydroxyl groups is 1. The summed E-state index contributed by atoms with van der Waals surface area (Å²) >= 11 is 0. The molecular weight excluding hydrogens is 253 g/mol. The highest BCUT2D eigenvalue weighted by molar-refractivity contribution is 5.92. The number of amides is 1. The van der Waals surface area contributed by atoms with E-state index < -0.39 is 31.2 Å². The molecule has 0 aliphatic carbocycles. The minimum absolute atomic E-state index is 0.200. The molecule has 0 saturated heterocycles. The first-order valence-corrected chi connectivity index (χ1v) is 4.98. The van der Waals surface area contributed by atoms with E-state index in [1.807, 2.05) is 0 Å². The molecule has 0 aliphatic heterocycles. The van der Waals surface area contributed by atoms with Crippen molar-refractivity contribution in [1.82, 2.24) is 10.3 Å². The minimum atomic E-state index is -4.64. The number of aliphatic hydroxyl groups excluding tert-OH is 1. The zero-order chi connectivity index (χ0) is 13.8. The molecule has 0 aliphatic rings. The van der Waals surface area contributed by atoms with Gasteiger partial charge in [0.1, 0.15) is 17.5 Å². The Balaban J connectivity index is 2.75. The van der Waals surface area contributed by atoms with Gasteiger partial charge in [-0.05, 0) is 18.6 Å². The van der Waals surface area contributed by atoms with Crippen LogP contribution in [0.25, 0.3) is 0 Å². The van der Waals surface area contributed by atoms with E-state index in [2.05, 4.69) is 4.98 Å². The molecule has 0 spiro atoms. The molecule has 0 saturated carbocycles. The molecule has 100 valence electrons. The fourth-order valence-corrected chi connectivity index (χ4v) is 1.20. The molecule has 5 nitrogen and oxygen atoms in total. The predicted octanol–water partition coefficient (Wildman–Crippen LogP) is 0.830. The van der Waals surface area contributed by atoms with Crippen LogP contribution in [0.4, 0.5) is 13.2 Å². The third-order valence-corrected chi connectivity index (χ3v) is 2.10. The fourth-order valence-electron chi connectivity index (χ4n) is 1.20. The van der Waals surface area contributed by atoms with Gasteiger partial charge in [-0.2, -0.15) is 13.2 Å². The van der Waals surface area contributed by atoms with Crippen LogP contribution in [0.1, 0.15) is 16.9 Å². The molecule has 1 atom stereocenters. The van der Waals surface area contributed by atoms with E-state index in [4.69, 9.17) is 10.2 Å². The average Bonchev–Trinajstić information content (AvgIpc) is 2.28. The molecule has 0 bridgehead atoms. The van der Waals surface area contributed by atoms with Crippen molar-refractivity contribution < 1.29 is 28.2 Å². The summed E-state index contributed by atoms with van der Waals surface area (Å²) in [5, 5.41) is 19.2. The van der Waals surface area contributed by atoms with E-state index in [1.165, 1.54) is 0 Å². The number of hydrogen-bond acceptors (Lipinski definition) is 4. The Morgan fingerprint density at radius 2 is 2.11 bits per heavy atom. The number of carbonyl (C=O) groups excluding carboxylic acids is 1. The summed E-state index contributed by atoms with van der Waals surface area (Å²) in [6.07, 6.45) is -4.33. The highest BCUT2D eigenvalue weighted by Gasteiger charge is 2.40. The van der Waals surface area contributed by atoms with Crippen LogP contribution in [0.15, 0.2) is 18.3 Å². The Morgan fingerprint density at radius 3 is 2.56 bits per heavy atom. The molecule has 0 aromatic carbocycles. The van der Waals surface area contributed by atoms with E-state index in [1.54, 1.807) is 5.32 Å². The van der Waals surface area contributed by atoms with Crippen molar-refractivity contribution >= 4 is 5.91 Å². The van der Waals surface area contributed by atoms with Crippen molar-refractivity contribution in [3.63, 3.8) is 0 Å². The molecule has 8 heteroatoms. The highest BCUT2D eigenvalue weighted by Crippen LogP contribution is 2.22. The Bertz CT molecular complexity index is 406. The second kappa shape index (κ2) is 5.67. The lowest BCUT2D eigenvalue weighted by atomic mass is 10.2. The summed E-state index contributed by atoms with van der Waals surface area (Å²) in [4.78, 5) is 14.9. The van der Waals surface area contributed by atoms with E-state index in [0.717, 1.165) is 18.3 Å². The molecule has 0 radical (unpaired) electrons. The van der Waals surface area contributed by atoms with Crippen molar-refractivity contribution in [3.05, 3.63) is 24.0 Å². The lowest BCUT2D eigenvalue weighted by Gasteiger charge is -2.20. The number of nitrogens with zero attached hydrogens (tertiary/aromatic N) is 1. The average molecular weight is 264 g/mol. The molecule has 1 rings (SSSR count). The highest BCUT2D eigenvalue weighted by atomic mass is 19.4. The number of alkyl halides is 3. The zero-order valence-electron chi connectivity index (χ0n) is 9.11. The van der Waals surface area contributed by atoms with Gasteiger partial charge in [0.2, 0.25) is 0 Å². The first-order chi connectivity index (χ1) is 8.34. The monoisotopic (exact) mass is 264 g/mol. The van der Waals surface area contributed by atoms with Crippen LogP contribution in [-0.2, 0) is 0 Å². The molecule has 1 heterocycles. The van der Waals surface area contributed by atoms with Gasteiger partial charge < -0.3 is 15.5 Å². The van der Waals surface area contributed by atoms with Crippen molar-refractivity contribution in [2.24, 2.45) is 0 Å². The number of halogens is 3. The number of carbonyl (C=O) groups is 1. The first kappa shape index (κ1) is 14.2. The van der Waals surface area contributed by atoms with Gasteiger partial charge in [0.05, 0.1) is 6.20 Å². The maximum Gasteiger partial charge on any atom is 0.408 e. The molecule has 0 fully saturated rings. The summed E-state index contributed by atoms with van der Waals surface area (Å²) in [6, 6.07) is 0.0961. The van der Waals surface area contributed by atoms with Crippen LogP contribution in [0, 0.1) is 0 Å². The van der Waals surface area contributed by atoms with Gasteiger partial charge in [-0.15, -0.1) is 0 Å². The van der Waals surface area contributed by atoms with Gasteiger partial charge in [0.25, 0.3) is 5.91 Å². The zero-order valence-corrected chi connectivity index (χ0v) is 9.11. The van der Waals surface area contributed by atoms with Gasteiger partial charge in [-0.1, -0.05) is 0 Å². The van der Waals surface area contributed by atoms with Crippen LogP contribution >= 0.6 is 0 Å². The van der Waals surface area contributed by atoms with Crippen molar-refractivity contribution in [1.29, 1.82) is 0 Å². The van der Waals surface area contributed by atoms with Crippen molar-refractivity contribution in [3.8, 4) is 5.75 Å². The summed E-state index contributed by atoms with van der Waals surface area (Å²) in [6.45, 7) is -0.701. The van der Waals surface area contributed by atoms with Gasteiger partial charge in [0, 0.05) is 6.61 Å². The molecule has 3 N–H and O–H groups in total. The van der Waals surface area contributed by atoms with E-state index in [0.29, 0.717) is 0 Å². The summed E-state index contributed by atoms with van der Waals surface area (Å²) < 4.78 is 37.4. The molecule has 18 heavy (non-hydrogen) atoms. The Hall–Kier alpha value is -1.83. The van der Waals surface area contributed by atoms with Crippen molar-refractivity contribution in [2.75, 3.05) is 6.61 Å². The van der Waals surface area contributed by atoms with E-state index >= 15 is 0 Å². The number of aromatic nitrogens is 1. The largest absolute Gasteiger partial charge is 0.506 e. The maximum absolute atomic E-state index is 12.5. The number of rotatable bonds is 4. The smallest absolute Gasteiger partial charge is 0.408 e. The normalized spacial score (nSPS) is 13.1. The Morgan fingerprint density at radius 1 is 1.44 bits per heavy atom. The fraction of sp³-hybridized carbons (Fsp3) is 0.400. The molecule has 1 aromatic heterocycles. The molecule has 1 unspecified atom stereocenters. The summed E-state index contributed by atoms with van der Waals surface area (Å²) in [5.41, 5.74) is -0.250. The SMILES string of the molecule is O=C(NC(CCO)C(F)(F)F)c1ccc(O)cn1. The van der Waals surface area contributed by atoms with Gasteiger partial charge >= 0.3 is 6.18 Å². The first-order valence-electron chi connectivity index (χ1n) is 4.98. The van der Waals surface area contributed by atoms with Gasteiger partial charge in [0.15, 0.2) is 0 Å². The van der Waals surface area contributed by atoms with Gasteiger partial charge in [-0.3, -0.25) is 4.79 Å². The number of hydrogen-bond donors (Lipinski definition) is 3. The van der Waals surface area contributed by atoms with E-state index in [-0.39, 0.29) is 11.4 Å². The standard InChI is InChI=1S/C10H11F3N2O3/c11-10(12,13)8(3-4-16)15-9(18)7-2-1-6(17)5-14-7/h1-2,5,8,16-17H,3-4H2,(H,15,18). The second-order valence-electron chi connectivity index (χ2n) is 3.48. The maximum atomic E-state index is 12.5. The minimum Gasteiger partial charge on any atom is -0.506 e. The summed E-state index contributed by atoms with van der Waals surface area (Å²) in [5.74, 6) is -1.22. The lowest BCUT2D eigenvalue weighted by Crippen LogP contribution is -2.46. The third kappa shape index (κ3) is 3.88. The Kier molecular flexibility index (Phi) is 4.49. The van der Waals surface area contributed by atoms with Crippen LogP contribution < -0.4 is 5.32 Å². The summed E-state index contributed by atoms with van der Waals surface area (Å²) in [7, 11) is 0. The van der Waals surface area contributed by atoms with Crippen LogP contribution in [0.5, 0.6) is 5.75 Å². The number of nitrogens with one attached hydrogen (secondary N) is 1. The quantitative estimate of drug-likeness (QED) is 0.752. The van der Waals surface area contributed by atoms with Crippen LogP contribution in [-0.4, -0.2) is 39.9 Å². The number of pyridine rings is 1. The Labute approximate surface area is 100 Å². The molecular formula is C10H11F3N2O3. The molecule has 1 aromatic rings. The van der Waals surface area contributed by atoms with Crippen molar-refractivity contribution in [2.45, 2.75) is 18.6 Å². The number of aromatic hydroxyl groups is 1.